The number of rotatable bonds is 10. The van der Waals surface area contributed by atoms with Crippen LogP contribution in [0.5, 0.6) is 11.5 Å². The Labute approximate surface area is 251 Å². The van der Waals surface area contributed by atoms with Crippen molar-refractivity contribution in [3.05, 3.63) is 88.3 Å². The van der Waals surface area contributed by atoms with Crippen LogP contribution in [0.1, 0.15) is 52.2 Å². The maximum Gasteiger partial charge on any atom is 0.350 e. The second kappa shape index (κ2) is 12.1. The van der Waals surface area contributed by atoms with Gasteiger partial charge >= 0.3 is 11.9 Å². The van der Waals surface area contributed by atoms with Gasteiger partial charge in [0.15, 0.2) is 22.4 Å². The maximum atomic E-state index is 13.8. The smallest absolute Gasteiger partial charge is 0.350 e. The third kappa shape index (κ3) is 5.25. The zero-order valence-electron chi connectivity index (χ0n) is 24.1. The van der Waals surface area contributed by atoms with E-state index >= 15 is 0 Å². The number of imidazole rings is 1. The summed E-state index contributed by atoms with van der Waals surface area (Å²) < 4.78 is 18.4. The first-order valence-electron chi connectivity index (χ1n) is 13.6. The summed E-state index contributed by atoms with van der Waals surface area (Å²) in [5.74, 6) is -1.99. The van der Waals surface area contributed by atoms with Crippen molar-refractivity contribution < 1.29 is 33.7 Å². The molecule has 0 bridgehead atoms. The van der Waals surface area contributed by atoms with Gasteiger partial charge in [0.1, 0.15) is 22.8 Å². The number of nitrogens with zero attached hydrogens (tertiary/aromatic N) is 4. The second-order valence-electron chi connectivity index (χ2n) is 9.51. The monoisotopic (exact) mass is 602 g/mol. The number of thiazole rings is 1. The van der Waals surface area contributed by atoms with E-state index in [-0.39, 0.29) is 34.5 Å². The first-order chi connectivity index (χ1) is 20.7. The highest BCUT2D eigenvalue weighted by Gasteiger charge is 2.49. The average molecular weight is 603 g/mol. The quantitative estimate of drug-likeness (QED) is 0.0858. The van der Waals surface area contributed by atoms with Crippen molar-refractivity contribution in [2.75, 3.05) is 24.7 Å². The third-order valence-electron chi connectivity index (χ3n) is 6.77. The summed E-state index contributed by atoms with van der Waals surface area (Å²) in [5.41, 5.74) is 1.94. The predicted molar refractivity (Wildman–Crippen MR) is 161 cm³/mol. The molecule has 12 heteroatoms. The summed E-state index contributed by atoms with van der Waals surface area (Å²) in [5, 5.41) is 11.9. The highest BCUT2D eigenvalue weighted by Crippen LogP contribution is 2.46. The Hall–Kier alpha value is -4.97. The van der Waals surface area contributed by atoms with Crippen molar-refractivity contribution in [3.63, 3.8) is 0 Å². The molecule has 0 saturated carbocycles. The van der Waals surface area contributed by atoms with Crippen molar-refractivity contribution in [2.24, 2.45) is 0 Å². The summed E-state index contributed by atoms with van der Waals surface area (Å²) in [6.07, 6.45) is 3.31. The number of aromatic nitrogens is 3. The molecule has 4 aromatic rings. The van der Waals surface area contributed by atoms with Gasteiger partial charge in [0.25, 0.3) is 5.78 Å². The van der Waals surface area contributed by atoms with E-state index in [9.17, 15) is 19.5 Å². The number of hydrogen-bond donors (Lipinski definition) is 1. The molecule has 0 aliphatic carbocycles. The molecular formula is C31H30N4O7S. The highest BCUT2D eigenvalue weighted by molar-refractivity contribution is 7.17. The zero-order valence-corrected chi connectivity index (χ0v) is 24.9. The van der Waals surface area contributed by atoms with Gasteiger partial charge in [-0.2, -0.15) is 0 Å². The van der Waals surface area contributed by atoms with Crippen LogP contribution in [0, 0.1) is 13.8 Å². The number of anilines is 1. The number of carbonyl (C=O) groups excluding carboxylic acids is 3. The molecule has 1 amide bonds. The summed E-state index contributed by atoms with van der Waals surface area (Å²) in [4.78, 5) is 50.5. The molecule has 1 unspecified atom stereocenters. The molecule has 1 aliphatic heterocycles. The second-order valence-corrected chi connectivity index (χ2v) is 10.5. The molecule has 5 rings (SSSR count). The van der Waals surface area contributed by atoms with Crippen molar-refractivity contribution in [1.29, 1.82) is 0 Å². The number of esters is 1. The van der Waals surface area contributed by atoms with Gasteiger partial charge in [0.2, 0.25) is 0 Å². The Morgan fingerprint density at radius 2 is 1.86 bits per heavy atom. The van der Waals surface area contributed by atoms with Crippen LogP contribution in [0.15, 0.2) is 60.8 Å². The fourth-order valence-electron chi connectivity index (χ4n) is 4.97. The van der Waals surface area contributed by atoms with Gasteiger partial charge in [-0.15, -0.1) is 0 Å². The molecule has 1 aliphatic rings. The normalized spacial score (nSPS) is 16.1. The number of hydrogen-bond acceptors (Lipinski definition) is 10. The van der Waals surface area contributed by atoms with Gasteiger partial charge in [-0.05, 0) is 57.5 Å². The molecule has 1 aromatic carbocycles. The van der Waals surface area contributed by atoms with Gasteiger partial charge in [-0.1, -0.05) is 36.1 Å². The number of carbonyl (C=O) groups is 3. The number of ether oxygens (including phenoxy) is 3. The molecular weight excluding hydrogens is 572 g/mol. The standard InChI is InChI=1S/C31H30N4O7S/c1-6-15-42-20-13-12-19(16-21(20)40-7-2)25-23(26(36)24-17(4)32-22-11-9-10-14-34(22)24)27(37)29(38)35(25)31-33-18(5)28(43-31)30(39)41-8-3/h6,9-14,16,25,36H,1,7-8,15H2,2-5H3/b26-23+. The Balaban J connectivity index is 1.75. The van der Waals surface area contributed by atoms with Crippen LogP contribution in [0.3, 0.4) is 0 Å². The van der Waals surface area contributed by atoms with Gasteiger partial charge in [0.05, 0.1) is 36.2 Å². The first-order valence-corrected chi connectivity index (χ1v) is 14.4. The van der Waals surface area contributed by atoms with E-state index in [4.69, 9.17) is 14.2 Å². The number of fused-ring (bicyclic) bond motifs is 1. The molecule has 43 heavy (non-hydrogen) atoms. The van der Waals surface area contributed by atoms with Crippen LogP contribution in [0.25, 0.3) is 11.4 Å². The minimum absolute atomic E-state index is 0.103. The maximum absolute atomic E-state index is 13.8. The van der Waals surface area contributed by atoms with Crippen LogP contribution in [-0.2, 0) is 14.3 Å². The number of amides is 1. The molecule has 222 valence electrons. The van der Waals surface area contributed by atoms with E-state index < -0.39 is 29.5 Å². The number of ketones is 1. The molecule has 0 spiro atoms. The molecule has 1 saturated heterocycles. The lowest BCUT2D eigenvalue weighted by Crippen LogP contribution is -2.29. The van der Waals surface area contributed by atoms with Crippen LogP contribution in [0.4, 0.5) is 5.13 Å². The SMILES string of the molecule is C=CCOc1ccc(C2/C(=C(\O)c3c(C)nc4ccccn34)C(=O)C(=O)N2c2nc(C)c(C(=O)OCC)s2)cc1OCC. The third-order valence-corrected chi connectivity index (χ3v) is 7.90. The lowest BCUT2D eigenvalue weighted by atomic mass is 9.96. The van der Waals surface area contributed by atoms with Crippen LogP contribution in [0.2, 0.25) is 0 Å². The first kappa shape index (κ1) is 29.5. The lowest BCUT2D eigenvalue weighted by Gasteiger charge is -2.24. The van der Waals surface area contributed by atoms with Crippen molar-refractivity contribution in [2.45, 2.75) is 33.7 Å². The molecule has 3 aromatic heterocycles. The van der Waals surface area contributed by atoms with E-state index in [1.54, 1.807) is 67.8 Å². The predicted octanol–water partition coefficient (Wildman–Crippen LogP) is 5.17. The minimum Gasteiger partial charge on any atom is -0.505 e. The van der Waals surface area contributed by atoms with E-state index in [0.29, 0.717) is 40.7 Å². The van der Waals surface area contributed by atoms with Gasteiger partial charge in [-0.25, -0.2) is 14.8 Å². The number of aryl methyl sites for hydroxylation is 2. The van der Waals surface area contributed by atoms with Gasteiger partial charge in [0, 0.05) is 6.20 Å². The summed E-state index contributed by atoms with van der Waals surface area (Å²) >= 11 is 0.933. The van der Waals surface area contributed by atoms with Crippen molar-refractivity contribution in [1.82, 2.24) is 14.4 Å². The summed E-state index contributed by atoms with van der Waals surface area (Å²) in [7, 11) is 0. The Bertz CT molecular complexity index is 1790. The zero-order chi connectivity index (χ0) is 30.8. The Morgan fingerprint density at radius 3 is 2.58 bits per heavy atom. The van der Waals surface area contributed by atoms with Crippen LogP contribution in [-0.4, -0.2) is 57.0 Å². The number of aliphatic hydroxyl groups excluding tert-OH is 1. The van der Waals surface area contributed by atoms with Crippen molar-refractivity contribution >= 4 is 45.5 Å². The average Bonchev–Trinajstić information content (AvgIpc) is 3.62. The lowest BCUT2D eigenvalue weighted by molar-refractivity contribution is -0.132. The largest absolute Gasteiger partial charge is 0.505 e. The number of benzene rings is 1. The molecule has 11 nitrogen and oxygen atoms in total. The Kier molecular flexibility index (Phi) is 8.31. The molecule has 1 N–H and O–H groups in total. The van der Waals surface area contributed by atoms with E-state index in [1.165, 1.54) is 4.90 Å². The van der Waals surface area contributed by atoms with Crippen molar-refractivity contribution in [3.8, 4) is 11.5 Å². The van der Waals surface area contributed by atoms with Gasteiger partial charge in [-0.3, -0.25) is 18.9 Å². The molecule has 1 atom stereocenters. The summed E-state index contributed by atoms with van der Waals surface area (Å²) in [6, 6.07) is 9.24. The fraction of sp³-hybridized carbons (Fsp3) is 0.258. The fourth-order valence-corrected chi connectivity index (χ4v) is 5.96. The van der Waals surface area contributed by atoms with Gasteiger partial charge < -0.3 is 19.3 Å². The van der Waals surface area contributed by atoms with E-state index in [2.05, 4.69) is 16.5 Å². The molecule has 0 radical (unpaired) electrons. The van der Waals surface area contributed by atoms with Crippen LogP contribution >= 0.6 is 11.3 Å². The van der Waals surface area contributed by atoms with E-state index in [0.717, 1.165) is 11.3 Å². The topological polar surface area (TPSA) is 133 Å². The summed E-state index contributed by atoms with van der Waals surface area (Å²) in [6.45, 7) is 11.2. The molecule has 1 fully saturated rings. The molecule has 4 heterocycles. The highest BCUT2D eigenvalue weighted by atomic mass is 32.1. The number of pyridine rings is 1. The number of Topliss-reactive ketones (excluding diaryl/α,β-unsaturated/α-hetero) is 1. The number of aliphatic hydroxyl groups is 1. The van der Waals surface area contributed by atoms with E-state index in [1.807, 2.05) is 13.0 Å². The Morgan fingerprint density at radius 1 is 1.07 bits per heavy atom. The van der Waals surface area contributed by atoms with Crippen LogP contribution < -0.4 is 14.4 Å². The minimum atomic E-state index is -1.12.